The van der Waals surface area contributed by atoms with Crippen molar-refractivity contribution in [3.8, 4) is 0 Å². The molecule has 0 atom stereocenters. The molecule has 0 fully saturated rings. The number of nitro benzene ring substituents is 1. The molecular formula is C20H21N3O3. The molecule has 0 unspecified atom stereocenters. The van der Waals surface area contributed by atoms with Crippen molar-refractivity contribution in [3.05, 3.63) is 81.4 Å². The number of carbonyl (C=O) groups is 1. The molecule has 0 aliphatic carbocycles. The third-order valence-corrected chi connectivity index (χ3v) is 3.71. The lowest BCUT2D eigenvalue weighted by Gasteiger charge is -2.18. The van der Waals surface area contributed by atoms with Crippen LogP contribution in [0.2, 0.25) is 0 Å². The molecule has 0 bridgehead atoms. The maximum atomic E-state index is 12.0. The van der Waals surface area contributed by atoms with Crippen LogP contribution in [0, 0.1) is 10.1 Å². The number of carbonyl (C=O) groups excluding carboxylic acids is 1. The summed E-state index contributed by atoms with van der Waals surface area (Å²) in [4.78, 5) is 22.3. The fraction of sp³-hybridized carbons (Fsp3) is 0.200. The van der Waals surface area contributed by atoms with Gasteiger partial charge in [0.25, 0.3) is 11.6 Å². The van der Waals surface area contributed by atoms with Crippen LogP contribution >= 0.6 is 0 Å². The Bertz CT molecular complexity index is 847. The van der Waals surface area contributed by atoms with Crippen molar-refractivity contribution in [2.24, 2.45) is 5.10 Å². The van der Waals surface area contributed by atoms with Crippen LogP contribution in [0.5, 0.6) is 0 Å². The molecule has 0 spiro atoms. The first-order chi connectivity index (χ1) is 12.3. The van der Waals surface area contributed by atoms with E-state index >= 15 is 0 Å². The fourth-order valence-corrected chi connectivity index (χ4v) is 2.22. The predicted molar refractivity (Wildman–Crippen MR) is 103 cm³/mol. The van der Waals surface area contributed by atoms with E-state index in [2.05, 4.69) is 31.3 Å². The van der Waals surface area contributed by atoms with E-state index in [1.165, 1.54) is 18.3 Å². The summed E-state index contributed by atoms with van der Waals surface area (Å²) < 4.78 is 0. The smallest absolute Gasteiger partial charge is 0.267 e. The number of amides is 1. The number of nitrogens with zero attached hydrogens (tertiary/aromatic N) is 2. The van der Waals surface area contributed by atoms with Crippen molar-refractivity contribution in [2.45, 2.75) is 26.2 Å². The van der Waals surface area contributed by atoms with Crippen LogP contribution in [0.1, 0.15) is 42.3 Å². The SMILES string of the molecule is CC(C)(C)c1ccc(C(=O)NN=C/C=C/c2cccc([N+](=O)[O-])c2)cc1. The number of allylic oxidation sites excluding steroid dienone is 1. The molecule has 134 valence electrons. The van der Waals surface area contributed by atoms with Gasteiger partial charge in [-0.3, -0.25) is 14.9 Å². The minimum absolute atomic E-state index is 0.0242. The van der Waals surface area contributed by atoms with E-state index < -0.39 is 4.92 Å². The molecule has 26 heavy (non-hydrogen) atoms. The molecule has 0 heterocycles. The topological polar surface area (TPSA) is 84.6 Å². The van der Waals surface area contributed by atoms with Crippen molar-refractivity contribution in [1.29, 1.82) is 0 Å². The minimum atomic E-state index is -0.448. The molecule has 0 radical (unpaired) electrons. The monoisotopic (exact) mass is 351 g/mol. The van der Waals surface area contributed by atoms with Gasteiger partial charge in [-0.2, -0.15) is 5.10 Å². The number of nitrogens with one attached hydrogen (secondary N) is 1. The quantitative estimate of drug-likeness (QED) is 0.494. The highest BCUT2D eigenvalue weighted by Crippen LogP contribution is 2.22. The number of nitro groups is 1. The molecular weight excluding hydrogens is 330 g/mol. The number of hydrogen-bond donors (Lipinski definition) is 1. The van der Waals surface area contributed by atoms with Gasteiger partial charge in [0, 0.05) is 23.9 Å². The van der Waals surface area contributed by atoms with Crippen molar-refractivity contribution in [1.82, 2.24) is 5.43 Å². The van der Waals surface area contributed by atoms with Gasteiger partial charge in [0.15, 0.2) is 0 Å². The maximum Gasteiger partial charge on any atom is 0.271 e. The average Bonchev–Trinajstić information content (AvgIpc) is 2.61. The molecule has 2 aromatic carbocycles. The van der Waals surface area contributed by atoms with Crippen LogP contribution < -0.4 is 5.43 Å². The van der Waals surface area contributed by atoms with E-state index in [1.807, 2.05) is 12.1 Å². The number of hydrazone groups is 1. The highest BCUT2D eigenvalue weighted by Gasteiger charge is 2.14. The molecule has 1 N–H and O–H groups in total. The number of non-ortho nitro benzene ring substituents is 1. The van der Waals surface area contributed by atoms with Gasteiger partial charge in [0.05, 0.1) is 4.92 Å². The van der Waals surface area contributed by atoms with Crippen molar-refractivity contribution in [3.63, 3.8) is 0 Å². The van der Waals surface area contributed by atoms with Gasteiger partial charge in [-0.05, 0) is 34.8 Å². The molecule has 6 nitrogen and oxygen atoms in total. The molecule has 1 amide bonds. The van der Waals surface area contributed by atoms with Gasteiger partial charge < -0.3 is 0 Å². The zero-order chi connectivity index (χ0) is 19.2. The molecule has 0 aromatic heterocycles. The minimum Gasteiger partial charge on any atom is -0.267 e. The van der Waals surface area contributed by atoms with Gasteiger partial charge in [-0.25, -0.2) is 5.43 Å². The van der Waals surface area contributed by atoms with Crippen LogP contribution in [-0.2, 0) is 5.41 Å². The molecule has 6 heteroatoms. The average molecular weight is 351 g/mol. The second-order valence-electron chi connectivity index (χ2n) is 6.76. The maximum absolute atomic E-state index is 12.0. The molecule has 0 saturated carbocycles. The Morgan fingerprint density at radius 1 is 1.15 bits per heavy atom. The molecule has 0 saturated heterocycles. The summed E-state index contributed by atoms with van der Waals surface area (Å²) in [5.41, 5.74) is 4.85. The lowest BCUT2D eigenvalue weighted by Crippen LogP contribution is -2.18. The summed E-state index contributed by atoms with van der Waals surface area (Å²) in [6.45, 7) is 6.33. The van der Waals surface area contributed by atoms with Crippen molar-refractivity contribution < 1.29 is 9.72 Å². The standard InChI is InChI=1S/C20H21N3O3/c1-20(2,3)17-11-9-16(10-12-17)19(24)22-21-13-5-7-15-6-4-8-18(14-15)23(25)26/h4-14H,1-3H3,(H,22,24)/b7-5+,21-13?. The van der Waals surface area contributed by atoms with E-state index in [-0.39, 0.29) is 17.0 Å². The lowest BCUT2D eigenvalue weighted by molar-refractivity contribution is -0.384. The molecule has 2 rings (SSSR count). The Hall–Kier alpha value is -3.28. The first-order valence-corrected chi connectivity index (χ1v) is 8.12. The van der Waals surface area contributed by atoms with Gasteiger partial charge in [0.1, 0.15) is 0 Å². The Balaban J connectivity index is 1.92. The molecule has 2 aromatic rings. The summed E-state index contributed by atoms with van der Waals surface area (Å²) >= 11 is 0. The van der Waals surface area contributed by atoms with Gasteiger partial charge >= 0.3 is 0 Å². The summed E-state index contributed by atoms with van der Waals surface area (Å²) in [5, 5.41) is 14.6. The predicted octanol–water partition coefficient (Wildman–Crippen LogP) is 4.32. The second kappa shape index (κ2) is 8.20. The van der Waals surface area contributed by atoms with E-state index in [4.69, 9.17) is 0 Å². The first-order valence-electron chi connectivity index (χ1n) is 8.12. The van der Waals surface area contributed by atoms with Crippen LogP contribution in [-0.4, -0.2) is 17.0 Å². The summed E-state index contributed by atoms with van der Waals surface area (Å²) in [5.74, 6) is -0.301. The third kappa shape index (κ3) is 5.37. The lowest BCUT2D eigenvalue weighted by atomic mass is 9.87. The summed E-state index contributed by atoms with van der Waals surface area (Å²) in [6, 6.07) is 13.6. The Morgan fingerprint density at radius 2 is 1.85 bits per heavy atom. The highest BCUT2D eigenvalue weighted by molar-refractivity contribution is 5.94. The molecule has 0 aliphatic heterocycles. The molecule has 0 aliphatic rings. The first kappa shape index (κ1) is 19.1. The summed E-state index contributed by atoms with van der Waals surface area (Å²) in [7, 11) is 0. The second-order valence-corrected chi connectivity index (χ2v) is 6.76. The normalized spacial score (nSPS) is 11.8. The van der Waals surface area contributed by atoms with E-state index in [0.717, 1.165) is 5.56 Å². The van der Waals surface area contributed by atoms with Crippen molar-refractivity contribution >= 4 is 23.9 Å². The van der Waals surface area contributed by atoms with Gasteiger partial charge in [0.2, 0.25) is 0 Å². The van der Waals surface area contributed by atoms with Crippen LogP contribution in [0.4, 0.5) is 5.69 Å². The highest BCUT2D eigenvalue weighted by atomic mass is 16.6. The Kier molecular flexibility index (Phi) is 6.01. The van der Waals surface area contributed by atoms with E-state index in [9.17, 15) is 14.9 Å². The zero-order valence-corrected chi connectivity index (χ0v) is 15.0. The Labute approximate surface area is 152 Å². The van der Waals surface area contributed by atoms with Crippen LogP contribution in [0.25, 0.3) is 6.08 Å². The fourth-order valence-electron chi connectivity index (χ4n) is 2.22. The van der Waals surface area contributed by atoms with E-state index in [0.29, 0.717) is 11.1 Å². The van der Waals surface area contributed by atoms with Gasteiger partial charge in [-0.15, -0.1) is 0 Å². The van der Waals surface area contributed by atoms with Crippen LogP contribution in [0.15, 0.2) is 59.7 Å². The third-order valence-electron chi connectivity index (χ3n) is 3.71. The van der Waals surface area contributed by atoms with Gasteiger partial charge in [-0.1, -0.05) is 51.1 Å². The Morgan fingerprint density at radius 3 is 2.46 bits per heavy atom. The van der Waals surface area contributed by atoms with Crippen molar-refractivity contribution in [2.75, 3.05) is 0 Å². The number of rotatable bonds is 5. The largest absolute Gasteiger partial charge is 0.271 e. The van der Waals surface area contributed by atoms with Crippen LogP contribution in [0.3, 0.4) is 0 Å². The van der Waals surface area contributed by atoms with E-state index in [1.54, 1.807) is 36.4 Å². The zero-order valence-electron chi connectivity index (χ0n) is 15.0. The summed E-state index contributed by atoms with van der Waals surface area (Å²) in [6.07, 6.45) is 4.68. The number of hydrogen-bond acceptors (Lipinski definition) is 4. The number of benzene rings is 2.